The standard InChI is InChI=1S/C27H29N3O4/c1-33-21-11-9-19(10-12-21)25-7-4-14-30(25)27-28-16-23(26(31)32)24(29-27)17-34-22-13-8-18-5-2-3-6-20(18)15-22/h8-13,15-16,25H,2-7,14,17H2,1H3,(H,31,32). The third-order valence-corrected chi connectivity index (χ3v) is 6.79. The van der Waals surface area contributed by atoms with Crippen LogP contribution >= 0.6 is 0 Å². The highest BCUT2D eigenvalue weighted by Gasteiger charge is 2.29. The van der Waals surface area contributed by atoms with E-state index in [0.717, 1.165) is 49.3 Å². The number of anilines is 1. The molecule has 5 rings (SSSR count). The van der Waals surface area contributed by atoms with Crippen molar-refractivity contribution in [3.63, 3.8) is 0 Å². The molecule has 176 valence electrons. The topological polar surface area (TPSA) is 84.8 Å². The number of fused-ring (bicyclic) bond motifs is 1. The fraction of sp³-hybridized carbons (Fsp3) is 0.370. The van der Waals surface area contributed by atoms with Crippen LogP contribution in [0, 0.1) is 0 Å². The summed E-state index contributed by atoms with van der Waals surface area (Å²) in [5, 5.41) is 9.70. The van der Waals surface area contributed by atoms with Gasteiger partial charge in [0.2, 0.25) is 5.95 Å². The van der Waals surface area contributed by atoms with Crippen LogP contribution in [-0.2, 0) is 19.4 Å². The molecule has 0 spiro atoms. The van der Waals surface area contributed by atoms with Gasteiger partial charge in [-0.3, -0.25) is 0 Å². The van der Waals surface area contributed by atoms with Crippen LogP contribution in [0.2, 0.25) is 0 Å². The van der Waals surface area contributed by atoms with Crippen molar-refractivity contribution in [1.29, 1.82) is 0 Å². The van der Waals surface area contributed by atoms with Crippen LogP contribution < -0.4 is 14.4 Å². The maximum Gasteiger partial charge on any atom is 0.339 e. The molecule has 3 aromatic rings. The van der Waals surface area contributed by atoms with E-state index >= 15 is 0 Å². The van der Waals surface area contributed by atoms with E-state index in [1.807, 2.05) is 18.2 Å². The number of benzene rings is 2. The van der Waals surface area contributed by atoms with Gasteiger partial charge in [0.1, 0.15) is 23.7 Å². The number of carboxylic acids is 1. The minimum Gasteiger partial charge on any atom is -0.497 e. The van der Waals surface area contributed by atoms with Gasteiger partial charge in [-0.15, -0.1) is 0 Å². The molecule has 1 aliphatic carbocycles. The molecule has 1 N–H and O–H groups in total. The highest BCUT2D eigenvalue weighted by atomic mass is 16.5. The summed E-state index contributed by atoms with van der Waals surface area (Å²) in [6.07, 6.45) is 8.00. The quantitative estimate of drug-likeness (QED) is 0.533. The Morgan fingerprint density at radius 1 is 1.06 bits per heavy atom. The van der Waals surface area contributed by atoms with Crippen LogP contribution in [0.3, 0.4) is 0 Å². The van der Waals surface area contributed by atoms with E-state index in [2.05, 4.69) is 39.1 Å². The molecular weight excluding hydrogens is 430 g/mol. The lowest BCUT2D eigenvalue weighted by atomic mass is 9.92. The number of rotatable bonds is 7. The first-order valence-corrected chi connectivity index (χ1v) is 11.9. The van der Waals surface area contributed by atoms with Gasteiger partial charge in [-0.25, -0.2) is 14.8 Å². The summed E-state index contributed by atoms with van der Waals surface area (Å²) in [4.78, 5) is 23.1. The third-order valence-electron chi connectivity index (χ3n) is 6.79. The average Bonchev–Trinajstić information content (AvgIpc) is 3.37. The Morgan fingerprint density at radius 3 is 2.59 bits per heavy atom. The van der Waals surface area contributed by atoms with Gasteiger partial charge in [0, 0.05) is 12.7 Å². The van der Waals surface area contributed by atoms with Crippen LogP contribution in [0.5, 0.6) is 11.5 Å². The van der Waals surface area contributed by atoms with E-state index in [0.29, 0.717) is 11.6 Å². The van der Waals surface area contributed by atoms with Crippen molar-refractivity contribution < 1.29 is 19.4 Å². The van der Waals surface area contributed by atoms with E-state index < -0.39 is 5.97 Å². The zero-order valence-corrected chi connectivity index (χ0v) is 19.4. The lowest BCUT2D eigenvalue weighted by Crippen LogP contribution is -2.26. The van der Waals surface area contributed by atoms with Crippen molar-refractivity contribution in [2.24, 2.45) is 0 Å². The SMILES string of the molecule is COc1ccc(C2CCCN2c2ncc(C(=O)O)c(COc3ccc4c(c3)CCCC4)n2)cc1. The average molecular weight is 460 g/mol. The molecule has 2 aliphatic rings. The number of hydrogen-bond acceptors (Lipinski definition) is 6. The van der Waals surface area contributed by atoms with Gasteiger partial charge >= 0.3 is 5.97 Å². The first kappa shape index (κ1) is 22.2. The number of hydrogen-bond donors (Lipinski definition) is 1. The Morgan fingerprint density at radius 2 is 1.82 bits per heavy atom. The molecule has 2 aromatic carbocycles. The highest BCUT2D eigenvalue weighted by Crippen LogP contribution is 2.35. The van der Waals surface area contributed by atoms with Crippen molar-refractivity contribution in [2.75, 3.05) is 18.6 Å². The van der Waals surface area contributed by atoms with Gasteiger partial charge in [0.05, 0.1) is 18.8 Å². The normalized spacial score (nSPS) is 17.3. The van der Waals surface area contributed by atoms with Crippen LogP contribution in [0.25, 0.3) is 0 Å². The van der Waals surface area contributed by atoms with Gasteiger partial charge in [-0.05, 0) is 79.5 Å². The van der Waals surface area contributed by atoms with E-state index in [1.165, 1.54) is 30.2 Å². The number of nitrogens with zero attached hydrogens (tertiary/aromatic N) is 3. The van der Waals surface area contributed by atoms with E-state index in [9.17, 15) is 9.90 Å². The summed E-state index contributed by atoms with van der Waals surface area (Å²) < 4.78 is 11.3. The summed E-state index contributed by atoms with van der Waals surface area (Å²) in [5.74, 6) is 1.04. The monoisotopic (exact) mass is 459 g/mol. The van der Waals surface area contributed by atoms with Gasteiger partial charge in [-0.2, -0.15) is 0 Å². The van der Waals surface area contributed by atoms with Crippen molar-refractivity contribution in [1.82, 2.24) is 9.97 Å². The molecule has 34 heavy (non-hydrogen) atoms. The van der Waals surface area contributed by atoms with E-state index in [1.54, 1.807) is 7.11 Å². The summed E-state index contributed by atoms with van der Waals surface area (Å²) in [7, 11) is 1.66. The fourth-order valence-electron chi connectivity index (χ4n) is 4.96. The molecule has 0 amide bonds. The van der Waals surface area contributed by atoms with Crippen molar-refractivity contribution in [3.8, 4) is 11.5 Å². The number of carboxylic acid groups (broad SMARTS) is 1. The third kappa shape index (κ3) is 4.55. The van der Waals surface area contributed by atoms with Gasteiger partial charge in [0.25, 0.3) is 0 Å². The fourth-order valence-corrected chi connectivity index (χ4v) is 4.96. The molecule has 1 aromatic heterocycles. The zero-order chi connectivity index (χ0) is 23.5. The second kappa shape index (κ2) is 9.71. The molecule has 0 bridgehead atoms. The van der Waals surface area contributed by atoms with Crippen molar-refractivity contribution in [2.45, 2.75) is 51.2 Å². The first-order valence-electron chi connectivity index (χ1n) is 11.9. The maximum absolute atomic E-state index is 11.8. The molecule has 0 saturated carbocycles. The molecule has 1 fully saturated rings. The Bertz CT molecular complexity index is 1180. The minimum atomic E-state index is -1.05. The highest BCUT2D eigenvalue weighted by molar-refractivity contribution is 5.88. The lowest BCUT2D eigenvalue weighted by molar-refractivity contribution is 0.0692. The number of methoxy groups -OCH3 is 1. The lowest BCUT2D eigenvalue weighted by Gasteiger charge is -2.25. The van der Waals surface area contributed by atoms with Crippen molar-refractivity contribution >= 4 is 11.9 Å². The van der Waals surface area contributed by atoms with Gasteiger partial charge in [-0.1, -0.05) is 18.2 Å². The first-order chi connectivity index (χ1) is 16.6. The summed E-state index contributed by atoms with van der Waals surface area (Å²) in [6.45, 7) is 0.894. The van der Waals surface area contributed by atoms with Crippen LogP contribution in [-0.4, -0.2) is 34.7 Å². The van der Waals surface area contributed by atoms with Crippen LogP contribution in [0.1, 0.15) is 64.5 Å². The number of ether oxygens (including phenoxy) is 2. The van der Waals surface area contributed by atoms with Gasteiger partial charge < -0.3 is 19.5 Å². The molecule has 2 heterocycles. The molecule has 0 radical (unpaired) electrons. The summed E-state index contributed by atoms with van der Waals surface area (Å²) in [6, 6.07) is 14.3. The van der Waals surface area contributed by atoms with E-state index in [4.69, 9.17) is 9.47 Å². The summed E-state index contributed by atoms with van der Waals surface area (Å²) in [5.41, 5.74) is 4.33. The zero-order valence-electron chi connectivity index (χ0n) is 19.4. The number of aromatic nitrogens is 2. The molecule has 1 aliphatic heterocycles. The maximum atomic E-state index is 11.8. The van der Waals surface area contributed by atoms with E-state index in [-0.39, 0.29) is 18.2 Å². The summed E-state index contributed by atoms with van der Waals surface area (Å²) >= 11 is 0. The molecule has 1 unspecified atom stereocenters. The Labute approximate surface area is 199 Å². The number of aromatic carboxylic acids is 1. The Kier molecular flexibility index (Phi) is 6.34. The number of aryl methyl sites for hydroxylation is 2. The smallest absolute Gasteiger partial charge is 0.339 e. The second-order valence-corrected chi connectivity index (χ2v) is 8.89. The Balaban J connectivity index is 1.38. The molecule has 7 nitrogen and oxygen atoms in total. The predicted octanol–water partition coefficient (Wildman–Crippen LogP) is 4.98. The largest absolute Gasteiger partial charge is 0.497 e. The molecule has 1 saturated heterocycles. The van der Waals surface area contributed by atoms with Gasteiger partial charge in [0.15, 0.2) is 0 Å². The van der Waals surface area contributed by atoms with Crippen LogP contribution in [0.4, 0.5) is 5.95 Å². The van der Waals surface area contributed by atoms with Crippen molar-refractivity contribution in [3.05, 3.63) is 76.6 Å². The Hall–Kier alpha value is -3.61. The second-order valence-electron chi connectivity index (χ2n) is 8.89. The number of carbonyl (C=O) groups is 1. The molecular formula is C27H29N3O4. The van der Waals surface area contributed by atoms with Crippen LogP contribution in [0.15, 0.2) is 48.7 Å². The minimum absolute atomic E-state index is 0.0712. The predicted molar refractivity (Wildman–Crippen MR) is 129 cm³/mol. The molecule has 7 heteroatoms. The molecule has 1 atom stereocenters.